The molecule has 20 heavy (non-hydrogen) atoms. The largest absolute Gasteiger partial charge is 0.366 e. The van der Waals surface area contributed by atoms with Gasteiger partial charge in [0.1, 0.15) is 5.52 Å². The van der Waals surface area contributed by atoms with Crippen molar-refractivity contribution in [3.63, 3.8) is 0 Å². The Hall–Kier alpha value is -1.58. The molecule has 2 aromatic heterocycles. The molecule has 2 aromatic rings. The van der Waals surface area contributed by atoms with E-state index in [1.54, 1.807) is 0 Å². The molecule has 1 fully saturated rings. The second kappa shape index (κ2) is 4.76. The highest BCUT2D eigenvalue weighted by atomic mass is 15.2. The first kappa shape index (κ1) is 13.4. The van der Waals surface area contributed by atoms with Crippen molar-refractivity contribution >= 4 is 11.3 Å². The van der Waals surface area contributed by atoms with E-state index in [0.29, 0.717) is 6.04 Å². The monoisotopic (exact) mass is 272 g/mol. The Balaban J connectivity index is 1.93. The van der Waals surface area contributed by atoms with Crippen molar-refractivity contribution < 1.29 is 0 Å². The highest BCUT2D eigenvalue weighted by Crippen LogP contribution is 2.29. The second-order valence-corrected chi connectivity index (χ2v) is 7.14. The summed E-state index contributed by atoms with van der Waals surface area (Å²) in [6, 6.07) is 2.71. The summed E-state index contributed by atoms with van der Waals surface area (Å²) in [6.45, 7) is 8.89. The maximum absolute atomic E-state index is 4.67. The SMILES string of the molecule is CC1CCC(Nc2nccn3nc(C(C)(C)C)cc23)C1. The van der Waals surface area contributed by atoms with Crippen molar-refractivity contribution in [1.29, 1.82) is 0 Å². The first-order valence-corrected chi connectivity index (χ1v) is 7.55. The molecule has 0 saturated heterocycles. The molecular formula is C16H24N4. The van der Waals surface area contributed by atoms with Gasteiger partial charge in [-0.25, -0.2) is 9.50 Å². The third-order valence-corrected chi connectivity index (χ3v) is 4.19. The maximum Gasteiger partial charge on any atom is 0.152 e. The zero-order chi connectivity index (χ0) is 14.3. The van der Waals surface area contributed by atoms with E-state index in [2.05, 4.69) is 49.2 Å². The van der Waals surface area contributed by atoms with E-state index in [1.807, 2.05) is 16.9 Å². The van der Waals surface area contributed by atoms with E-state index in [0.717, 1.165) is 22.9 Å². The van der Waals surface area contributed by atoms with Gasteiger partial charge >= 0.3 is 0 Å². The lowest BCUT2D eigenvalue weighted by molar-refractivity contribution is 0.562. The number of aromatic nitrogens is 3. The van der Waals surface area contributed by atoms with Crippen molar-refractivity contribution in [1.82, 2.24) is 14.6 Å². The zero-order valence-electron chi connectivity index (χ0n) is 12.8. The lowest BCUT2D eigenvalue weighted by atomic mass is 9.92. The molecule has 0 spiro atoms. The Labute approximate surface area is 120 Å². The van der Waals surface area contributed by atoms with Crippen LogP contribution in [0.1, 0.15) is 52.7 Å². The number of hydrogen-bond donors (Lipinski definition) is 1. The molecule has 0 aliphatic heterocycles. The highest BCUT2D eigenvalue weighted by molar-refractivity contribution is 5.68. The zero-order valence-corrected chi connectivity index (χ0v) is 12.8. The van der Waals surface area contributed by atoms with Crippen LogP contribution in [0.25, 0.3) is 5.52 Å². The van der Waals surface area contributed by atoms with Crippen LogP contribution in [0.2, 0.25) is 0 Å². The summed E-state index contributed by atoms with van der Waals surface area (Å²) in [4.78, 5) is 4.52. The topological polar surface area (TPSA) is 42.2 Å². The quantitative estimate of drug-likeness (QED) is 0.907. The van der Waals surface area contributed by atoms with Crippen molar-refractivity contribution in [2.75, 3.05) is 5.32 Å². The van der Waals surface area contributed by atoms with Gasteiger partial charge < -0.3 is 5.32 Å². The van der Waals surface area contributed by atoms with E-state index in [1.165, 1.54) is 19.3 Å². The summed E-state index contributed by atoms with van der Waals surface area (Å²) in [5, 5.41) is 8.28. The Morgan fingerprint density at radius 2 is 2.10 bits per heavy atom. The molecular weight excluding hydrogens is 248 g/mol. The molecule has 1 saturated carbocycles. The van der Waals surface area contributed by atoms with Crippen LogP contribution in [-0.4, -0.2) is 20.6 Å². The van der Waals surface area contributed by atoms with Crippen molar-refractivity contribution in [2.45, 2.75) is 58.4 Å². The number of fused-ring (bicyclic) bond motifs is 1. The van der Waals surface area contributed by atoms with Gasteiger partial charge in [-0.1, -0.05) is 27.7 Å². The molecule has 4 heteroatoms. The van der Waals surface area contributed by atoms with Crippen molar-refractivity contribution in [3.8, 4) is 0 Å². The molecule has 0 radical (unpaired) electrons. The summed E-state index contributed by atoms with van der Waals surface area (Å²) in [7, 11) is 0. The highest BCUT2D eigenvalue weighted by Gasteiger charge is 2.23. The van der Waals surface area contributed by atoms with Gasteiger partial charge in [0.25, 0.3) is 0 Å². The summed E-state index contributed by atoms with van der Waals surface area (Å²) in [6.07, 6.45) is 7.54. The van der Waals surface area contributed by atoms with E-state index in [-0.39, 0.29) is 5.41 Å². The Bertz CT molecular complexity index is 608. The third kappa shape index (κ3) is 2.51. The average Bonchev–Trinajstić information content (AvgIpc) is 2.95. The van der Waals surface area contributed by atoms with Crippen LogP contribution in [0.4, 0.5) is 5.82 Å². The summed E-state index contributed by atoms with van der Waals surface area (Å²) >= 11 is 0. The minimum Gasteiger partial charge on any atom is -0.366 e. The first-order valence-electron chi connectivity index (χ1n) is 7.55. The molecule has 1 N–H and O–H groups in total. The number of nitrogens with zero attached hydrogens (tertiary/aromatic N) is 3. The molecule has 0 amide bonds. The first-order chi connectivity index (χ1) is 9.43. The Kier molecular flexibility index (Phi) is 3.19. The molecule has 1 aliphatic carbocycles. The lowest BCUT2D eigenvalue weighted by Crippen LogP contribution is -2.16. The number of anilines is 1. The van der Waals surface area contributed by atoms with E-state index < -0.39 is 0 Å². The lowest BCUT2D eigenvalue weighted by Gasteiger charge is -2.14. The van der Waals surface area contributed by atoms with Gasteiger partial charge in [-0.05, 0) is 31.2 Å². The molecule has 2 unspecified atom stereocenters. The Morgan fingerprint density at radius 1 is 1.30 bits per heavy atom. The predicted molar refractivity (Wildman–Crippen MR) is 82.1 cm³/mol. The van der Waals surface area contributed by atoms with Gasteiger partial charge in [0.15, 0.2) is 5.82 Å². The normalized spacial score (nSPS) is 23.4. The summed E-state index contributed by atoms with van der Waals surface area (Å²) in [5.74, 6) is 1.79. The minimum absolute atomic E-state index is 0.0607. The van der Waals surface area contributed by atoms with Crippen LogP contribution in [0, 0.1) is 5.92 Å². The van der Waals surface area contributed by atoms with Crippen LogP contribution >= 0.6 is 0 Å². The number of rotatable bonds is 2. The smallest absolute Gasteiger partial charge is 0.152 e. The second-order valence-electron chi connectivity index (χ2n) is 7.14. The van der Waals surface area contributed by atoms with Crippen LogP contribution in [0.3, 0.4) is 0 Å². The summed E-state index contributed by atoms with van der Waals surface area (Å²) < 4.78 is 1.94. The standard InChI is InChI=1S/C16H24N4/c1-11-5-6-12(9-11)18-15-13-10-14(16(2,3)4)19-20(13)8-7-17-15/h7-8,10-12H,5-6,9H2,1-4H3,(H,17,18). The van der Waals surface area contributed by atoms with Gasteiger partial charge in [-0.2, -0.15) is 5.10 Å². The van der Waals surface area contributed by atoms with Gasteiger partial charge in [0, 0.05) is 23.9 Å². The number of hydrogen-bond acceptors (Lipinski definition) is 3. The average molecular weight is 272 g/mol. The van der Waals surface area contributed by atoms with Crippen LogP contribution in [-0.2, 0) is 5.41 Å². The minimum atomic E-state index is 0.0607. The fourth-order valence-corrected chi connectivity index (χ4v) is 2.93. The third-order valence-electron chi connectivity index (χ3n) is 4.19. The number of nitrogens with one attached hydrogen (secondary N) is 1. The van der Waals surface area contributed by atoms with Crippen LogP contribution in [0.15, 0.2) is 18.5 Å². The molecule has 2 atom stereocenters. The molecule has 3 rings (SSSR count). The van der Waals surface area contributed by atoms with E-state index in [9.17, 15) is 0 Å². The molecule has 0 aromatic carbocycles. The molecule has 2 heterocycles. The van der Waals surface area contributed by atoms with E-state index >= 15 is 0 Å². The van der Waals surface area contributed by atoms with Crippen molar-refractivity contribution in [2.24, 2.45) is 5.92 Å². The fourth-order valence-electron chi connectivity index (χ4n) is 2.93. The van der Waals surface area contributed by atoms with Crippen LogP contribution in [0.5, 0.6) is 0 Å². The predicted octanol–water partition coefficient (Wildman–Crippen LogP) is 3.63. The fraction of sp³-hybridized carbons (Fsp3) is 0.625. The van der Waals surface area contributed by atoms with Gasteiger partial charge in [-0.15, -0.1) is 0 Å². The molecule has 108 valence electrons. The molecule has 1 aliphatic rings. The molecule has 4 nitrogen and oxygen atoms in total. The van der Waals surface area contributed by atoms with Crippen molar-refractivity contribution in [3.05, 3.63) is 24.2 Å². The molecule has 0 bridgehead atoms. The maximum atomic E-state index is 4.67. The van der Waals surface area contributed by atoms with Gasteiger partial charge in [0.05, 0.1) is 5.69 Å². The van der Waals surface area contributed by atoms with E-state index in [4.69, 9.17) is 0 Å². The summed E-state index contributed by atoms with van der Waals surface area (Å²) in [5.41, 5.74) is 2.25. The Morgan fingerprint density at radius 3 is 2.75 bits per heavy atom. The van der Waals surface area contributed by atoms with Gasteiger partial charge in [-0.3, -0.25) is 0 Å². The van der Waals surface area contributed by atoms with Gasteiger partial charge in [0.2, 0.25) is 0 Å². The van der Waals surface area contributed by atoms with Crippen LogP contribution < -0.4 is 5.32 Å².